The lowest BCUT2D eigenvalue weighted by Gasteiger charge is -2.12. The molecule has 1 aromatic rings. The molecule has 2 amide bonds. The summed E-state index contributed by atoms with van der Waals surface area (Å²) in [7, 11) is 0. The molecular weight excluding hydrogens is 237 g/mol. The highest BCUT2D eigenvalue weighted by Gasteiger charge is 2.30. The number of nitrogens with zero attached hydrogens (tertiary/aromatic N) is 1. The smallest absolute Gasteiger partial charge is 0.230 e. The molecule has 1 aliphatic rings. The van der Waals surface area contributed by atoms with E-state index >= 15 is 0 Å². The second-order valence-electron chi connectivity index (χ2n) is 4.18. The van der Waals surface area contributed by atoms with Crippen molar-refractivity contribution < 1.29 is 18.8 Å². The van der Waals surface area contributed by atoms with Crippen LogP contribution in [0.4, 0.5) is 4.39 Å². The van der Waals surface area contributed by atoms with Crippen LogP contribution in [0, 0.1) is 5.82 Å². The summed E-state index contributed by atoms with van der Waals surface area (Å²) in [6.45, 7) is -0.258. The Morgan fingerprint density at radius 3 is 2.39 bits per heavy atom. The fourth-order valence-electron chi connectivity index (χ4n) is 1.89. The first kappa shape index (κ1) is 12.4. The summed E-state index contributed by atoms with van der Waals surface area (Å²) in [5.41, 5.74) is 0.279. The third-order valence-corrected chi connectivity index (χ3v) is 2.83. The Morgan fingerprint density at radius 1 is 1.17 bits per heavy atom. The number of ketones is 1. The zero-order chi connectivity index (χ0) is 13.1. The van der Waals surface area contributed by atoms with Crippen molar-refractivity contribution in [2.24, 2.45) is 0 Å². The van der Waals surface area contributed by atoms with Gasteiger partial charge < -0.3 is 0 Å². The van der Waals surface area contributed by atoms with Gasteiger partial charge in [-0.2, -0.15) is 0 Å². The molecule has 1 fully saturated rings. The quantitative estimate of drug-likeness (QED) is 0.750. The third-order valence-electron chi connectivity index (χ3n) is 2.83. The SMILES string of the molecule is O=C(Cc1ccccc1F)CN1C(=O)CCC1=O. The number of halogens is 1. The van der Waals surface area contributed by atoms with Gasteiger partial charge in [0.25, 0.3) is 0 Å². The average Bonchev–Trinajstić information content (AvgIpc) is 2.64. The monoisotopic (exact) mass is 249 g/mol. The van der Waals surface area contributed by atoms with Gasteiger partial charge in [0.1, 0.15) is 5.82 Å². The van der Waals surface area contributed by atoms with Gasteiger partial charge in [0.05, 0.1) is 6.54 Å². The van der Waals surface area contributed by atoms with Crippen LogP contribution < -0.4 is 0 Å². The van der Waals surface area contributed by atoms with Crippen LogP contribution in [0.5, 0.6) is 0 Å². The number of carbonyl (C=O) groups excluding carboxylic acids is 3. The molecule has 1 saturated heterocycles. The van der Waals surface area contributed by atoms with Crippen LogP contribution >= 0.6 is 0 Å². The fraction of sp³-hybridized carbons (Fsp3) is 0.308. The minimum absolute atomic E-state index is 0.107. The van der Waals surface area contributed by atoms with Gasteiger partial charge in [-0.3, -0.25) is 19.3 Å². The van der Waals surface area contributed by atoms with Crippen molar-refractivity contribution in [1.29, 1.82) is 0 Å². The molecule has 0 N–H and O–H groups in total. The first-order valence-corrected chi connectivity index (χ1v) is 5.66. The molecule has 0 spiro atoms. The predicted octanol–water partition coefficient (Wildman–Crippen LogP) is 1.09. The standard InChI is InChI=1S/C13H12FNO3/c14-11-4-2-1-3-9(11)7-10(16)8-15-12(17)5-6-13(15)18/h1-4H,5-8H2. The Bertz CT molecular complexity index is 497. The second kappa shape index (κ2) is 5.08. The summed E-state index contributed by atoms with van der Waals surface area (Å²) < 4.78 is 13.3. The molecule has 0 bridgehead atoms. The Labute approximate surface area is 103 Å². The van der Waals surface area contributed by atoms with Crippen LogP contribution in [-0.4, -0.2) is 29.0 Å². The molecule has 94 valence electrons. The topological polar surface area (TPSA) is 54.5 Å². The van der Waals surface area contributed by atoms with Crippen molar-refractivity contribution in [3.63, 3.8) is 0 Å². The lowest BCUT2D eigenvalue weighted by Crippen LogP contribution is -2.35. The Kier molecular flexibility index (Phi) is 3.50. The predicted molar refractivity (Wildman–Crippen MR) is 61.1 cm³/mol. The van der Waals surface area contributed by atoms with Crippen LogP contribution in [0.2, 0.25) is 0 Å². The first-order chi connectivity index (χ1) is 8.58. The van der Waals surface area contributed by atoms with Gasteiger partial charge in [0.2, 0.25) is 11.8 Å². The molecular formula is C13H12FNO3. The van der Waals surface area contributed by atoms with Gasteiger partial charge in [0, 0.05) is 19.3 Å². The molecule has 1 aliphatic heterocycles. The highest BCUT2D eigenvalue weighted by atomic mass is 19.1. The molecule has 0 unspecified atom stereocenters. The molecule has 0 aromatic heterocycles. The number of imide groups is 1. The van der Waals surface area contributed by atoms with Crippen molar-refractivity contribution in [2.75, 3.05) is 6.54 Å². The zero-order valence-corrected chi connectivity index (χ0v) is 9.69. The fourth-order valence-corrected chi connectivity index (χ4v) is 1.89. The summed E-state index contributed by atoms with van der Waals surface area (Å²) in [5.74, 6) is -1.46. The highest BCUT2D eigenvalue weighted by molar-refractivity contribution is 6.04. The van der Waals surface area contributed by atoms with Gasteiger partial charge in [0.15, 0.2) is 5.78 Å². The van der Waals surface area contributed by atoms with Crippen LogP contribution in [0.1, 0.15) is 18.4 Å². The van der Waals surface area contributed by atoms with Crippen LogP contribution in [0.3, 0.4) is 0 Å². The third kappa shape index (κ3) is 2.61. The number of rotatable bonds is 4. The normalized spacial score (nSPS) is 15.3. The summed E-state index contributed by atoms with van der Waals surface area (Å²) in [5, 5.41) is 0. The summed E-state index contributed by atoms with van der Waals surface area (Å²) in [6, 6.07) is 5.96. The van der Waals surface area contributed by atoms with Crippen molar-refractivity contribution >= 4 is 17.6 Å². The summed E-state index contributed by atoms with van der Waals surface area (Å²) in [6.07, 6.45) is 0.210. The molecule has 0 radical (unpaired) electrons. The van der Waals surface area contributed by atoms with Crippen molar-refractivity contribution in [2.45, 2.75) is 19.3 Å². The number of hydrogen-bond acceptors (Lipinski definition) is 3. The van der Waals surface area contributed by atoms with Gasteiger partial charge in [-0.25, -0.2) is 4.39 Å². The minimum Gasteiger partial charge on any atom is -0.297 e. The Hall–Kier alpha value is -2.04. The van der Waals surface area contributed by atoms with E-state index in [0.717, 1.165) is 4.90 Å². The van der Waals surface area contributed by atoms with Crippen LogP contribution in [0.25, 0.3) is 0 Å². The molecule has 1 heterocycles. The number of Topliss-reactive ketones (excluding diaryl/α,β-unsaturated/α-hetero) is 1. The molecule has 18 heavy (non-hydrogen) atoms. The summed E-state index contributed by atoms with van der Waals surface area (Å²) in [4.78, 5) is 35.3. The van der Waals surface area contributed by atoms with Crippen molar-refractivity contribution in [1.82, 2.24) is 4.90 Å². The van der Waals surface area contributed by atoms with E-state index in [1.165, 1.54) is 18.2 Å². The number of hydrogen-bond donors (Lipinski definition) is 0. The molecule has 2 rings (SSSR count). The number of carbonyl (C=O) groups is 3. The minimum atomic E-state index is -0.454. The second-order valence-corrected chi connectivity index (χ2v) is 4.18. The Balaban J connectivity index is 1.99. The van der Waals surface area contributed by atoms with Gasteiger partial charge in [-0.05, 0) is 11.6 Å². The zero-order valence-electron chi connectivity index (χ0n) is 9.69. The average molecular weight is 249 g/mol. The van der Waals surface area contributed by atoms with Crippen molar-refractivity contribution in [3.05, 3.63) is 35.6 Å². The van der Waals surface area contributed by atoms with Crippen LogP contribution in [0.15, 0.2) is 24.3 Å². The largest absolute Gasteiger partial charge is 0.297 e. The maximum atomic E-state index is 13.3. The molecule has 0 saturated carbocycles. The van der Waals surface area contributed by atoms with Crippen molar-refractivity contribution in [3.8, 4) is 0 Å². The molecule has 1 aromatic carbocycles. The molecule has 5 heteroatoms. The number of amides is 2. The van der Waals surface area contributed by atoms with E-state index in [1.807, 2.05) is 0 Å². The lowest BCUT2D eigenvalue weighted by molar-refractivity contribution is -0.141. The molecule has 4 nitrogen and oxygen atoms in total. The van der Waals surface area contributed by atoms with E-state index < -0.39 is 5.82 Å². The Morgan fingerprint density at radius 2 is 1.78 bits per heavy atom. The van der Waals surface area contributed by atoms with Gasteiger partial charge in [-0.1, -0.05) is 18.2 Å². The number of benzene rings is 1. The van der Waals surface area contributed by atoms with E-state index in [-0.39, 0.29) is 49.0 Å². The molecule has 0 atom stereocenters. The van der Waals surface area contributed by atoms with E-state index in [2.05, 4.69) is 0 Å². The molecule has 0 aliphatic carbocycles. The van der Waals surface area contributed by atoms with E-state index in [9.17, 15) is 18.8 Å². The van der Waals surface area contributed by atoms with E-state index in [4.69, 9.17) is 0 Å². The number of likely N-dealkylation sites (tertiary alicyclic amines) is 1. The van der Waals surface area contributed by atoms with Gasteiger partial charge in [-0.15, -0.1) is 0 Å². The lowest BCUT2D eigenvalue weighted by atomic mass is 10.1. The first-order valence-electron chi connectivity index (χ1n) is 5.66. The maximum Gasteiger partial charge on any atom is 0.230 e. The van der Waals surface area contributed by atoms with Crippen LogP contribution in [-0.2, 0) is 20.8 Å². The van der Waals surface area contributed by atoms with E-state index in [0.29, 0.717) is 0 Å². The van der Waals surface area contributed by atoms with Gasteiger partial charge >= 0.3 is 0 Å². The maximum absolute atomic E-state index is 13.3. The van der Waals surface area contributed by atoms with E-state index in [1.54, 1.807) is 6.07 Å². The highest BCUT2D eigenvalue weighted by Crippen LogP contribution is 2.13. The summed E-state index contributed by atoms with van der Waals surface area (Å²) >= 11 is 0.